The molecule has 1 aromatic heterocycles. The second-order valence-electron chi connectivity index (χ2n) is 6.37. The van der Waals surface area contributed by atoms with Crippen LogP contribution in [0.15, 0.2) is 47.5 Å². The number of hydrogen-bond donors (Lipinski definition) is 0. The maximum Gasteiger partial charge on any atom is 0.417 e. The Balaban J connectivity index is 1.68. The van der Waals surface area contributed by atoms with Crippen LogP contribution in [-0.2, 0) is 16.2 Å². The Morgan fingerprint density at radius 2 is 1.61 bits per heavy atom. The summed E-state index contributed by atoms with van der Waals surface area (Å²) >= 11 is 0. The highest BCUT2D eigenvalue weighted by Gasteiger charge is 2.32. The van der Waals surface area contributed by atoms with E-state index in [1.165, 1.54) is 41.6 Å². The van der Waals surface area contributed by atoms with Crippen molar-refractivity contribution in [3.05, 3.63) is 53.7 Å². The number of carbonyl (C=O) groups excluding carboxylic acids is 1. The van der Waals surface area contributed by atoms with E-state index in [1.54, 1.807) is 4.90 Å². The molecule has 3 rings (SSSR count). The van der Waals surface area contributed by atoms with Crippen LogP contribution in [0.3, 0.4) is 0 Å². The fourth-order valence-corrected chi connectivity index (χ4v) is 4.33. The summed E-state index contributed by atoms with van der Waals surface area (Å²) in [6.45, 7) is 2.38. The van der Waals surface area contributed by atoms with E-state index in [-0.39, 0.29) is 23.8 Å². The summed E-state index contributed by atoms with van der Waals surface area (Å²) in [5.41, 5.74) is -0.399. The molecule has 0 amide bonds. The lowest BCUT2D eigenvalue weighted by atomic mass is 10.2. The van der Waals surface area contributed by atoms with Crippen LogP contribution in [0.5, 0.6) is 0 Å². The van der Waals surface area contributed by atoms with E-state index in [0.29, 0.717) is 24.5 Å². The Labute approximate surface area is 160 Å². The van der Waals surface area contributed by atoms with E-state index < -0.39 is 21.8 Å². The zero-order valence-corrected chi connectivity index (χ0v) is 15.8. The van der Waals surface area contributed by atoms with Crippen LogP contribution in [0.2, 0.25) is 0 Å². The van der Waals surface area contributed by atoms with Gasteiger partial charge < -0.3 is 4.90 Å². The Morgan fingerprint density at radius 3 is 2.07 bits per heavy atom. The third-order valence-corrected chi connectivity index (χ3v) is 6.45. The summed E-state index contributed by atoms with van der Waals surface area (Å²) < 4.78 is 64.7. The van der Waals surface area contributed by atoms with Crippen LogP contribution in [-0.4, -0.2) is 49.7 Å². The molecule has 0 spiro atoms. The topological polar surface area (TPSA) is 70.6 Å². The minimum atomic E-state index is -4.45. The van der Waals surface area contributed by atoms with Crippen molar-refractivity contribution in [1.29, 1.82) is 0 Å². The summed E-state index contributed by atoms with van der Waals surface area (Å²) in [7, 11) is -3.71. The van der Waals surface area contributed by atoms with Gasteiger partial charge in [0.15, 0.2) is 5.78 Å². The van der Waals surface area contributed by atoms with E-state index in [9.17, 15) is 26.4 Å². The Kier molecular flexibility index (Phi) is 5.44. The number of rotatable bonds is 4. The van der Waals surface area contributed by atoms with Crippen molar-refractivity contribution in [2.75, 3.05) is 31.1 Å². The minimum Gasteiger partial charge on any atom is -0.354 e. The number of ketones is 1. The van der Waals surface area contributed by atoms with Gasteiger partial charge in [-0.15, -0.1) is 0 Å². The predicted molar refractivity (Wildman–Crippen MR) is 96.7 cm³/mol. The number of halogens is 3. The molecular weight excluding hydrogens is 395 g/mol. The Bertz CT molecular complexity index is 950. The van der Waals surface area contributed by atoms with E-state index in [4.69, 9.17) is 0 Å². The summed E-state index contributed by atoms with van der Waals surface area (Å²) in [4.78, 5) is 17.0. The molecule has 28 heavy (non-hydrogen) atoms. The first kappa shape index (κ1) is 20.3. The zero-order chi connectivity index (χ0) is 20.5. The van der Waals surface area contributed by atoms with Crippen LogP contribution in [0.4, 0.5) is 19.0 Å². The SMILES string of the molecule is CC(=O)c1ccc(S(=O)(=O)N2CCN(c3ccc(C(F)(F)F)cn3)CC2)cc1. The monoisotopic (exact) mass is 413 g/mol. The smallest absolute Gasteiger partial charge is 0.354 e. The van der Waals surface area contributed by atoms with Gasteiger partial charge in [-0.1, -0.05) is 12.1 Å². The number of pyridine rings is 1. The van der Waals surface area contributed by atoms with Gasteiger partial charge in [-0.2, -0.15) is 17.5 Å². The highest BCUT2D eigenvalue weighted by Crippen LogP contribution is 2.29. The highest BCUT2D eigenvalue weighted by atomic mass is 32.2. The normalized spacial score (nSPS) is 16.2. The highest BCUT2D eigenvalue weighted by molar-refractivity contribution is 7.89. The molecule has 10 heteroatoms. The largest absolute Gasteiger partial charge is 0.417 e. The molecule has 0 radical (unpaired) electrons. The number of nitrogens with zero attached hydrogens (tertiary/aromatic N) is 3. The maximum atomic E-state index is 12.7. The van der Waals surface area contributed by atoms with Gasteiger partial charge in [-0.3, -0.25) is 4.79 Å². The summed E-state index contributed by atoms with van der Waals surface area (Å²) in [6, 6.07) is 7.98. The van der Waals surface area contributed by atoms with Crippen molar-refractivity contribution in [1.82, 2.24) is 9.29 Å². The van der Waals surface area contributed by atoms with Crippen molar-refractivity contribution >= 4 is 21.6 Å². The summed E-state index contributed by atoms with van der Waals surface area (Å²) in [5, 5.41) is 0. The molecule has 0 unspecified atom stereocenters. The van der Waals surface area contributed by atoms with E-state index in [0.717, 1.165) is 12.3 Å². The lowest BCUT2D eigenvalue weighted by molar-refractivity contribution is -0.137. The average Bonchev–Trinajstić information content (AvgIpc) is 2.67. The summed E-state index contributed by atoms with van der Waals surface area (Å²) in [5.74, 6) is 0.220. The van der Waals surface area contributed by atoms with Crippen LogP contribution < -0.4 is 4.90 Å². The zero-order valence-electron chi connectivity index (χ0n) is 15.0. The van der Waals surface area contributed by atoms with Crippen molar-refractivity contribution in [2.24, 2.45) is 0 Å². The van der Waals surface area contributed by atoms with Gasteiger partial charge in [-0.05, 0) is 31.2 Å². The maximum absolute atomic E-state index is 12.7. The fraction of sp³-hybridized carbons (Fsp3) is 0.333. The number of hydrogen-bond acceptors (Lipinski definition) is 5. The number of aromatic nitrogens is 1. The number of Topliss-reactive ketones (excluding diaryl/α,β-unsaturated/α-hetero) is 1. The third-order valence-electron chi connectivity index (χ3n) is 4.54. The molecule has 150 valence electrons. The van der Waals surface area contributed by atoms with E-state index in [2.05, 4.69) is 4.98 Å². The van der Waals surface area contributed by atoms with Gasteiger partial charge in [0.2, 0.25) is 10.0 Å². The molecule has 0 aliphatic carbocycles. The van der Waals surface area contributed by atoms with Gasteiger partial charge in [0, 0.05) is 37.9 Å². The van der Waals surface area contributed by atoms with Crippen molar-refractivity contribution in [3.63, 3.8) is 0 Å². The van der Waals surface area contributed by atoms with Gasteiger partial charge in [0.1, 0.15) is 5.82 Å². The molecule has 6 nitrogen and oxygen atoms in total. The van der Waals surface area contributed by atoms with Gasteiger partial charge >= 0.3 is 6.18 Å². The van der Waals surface area contributed by atoms with Gasteiger partial charge in [0.05, 0.1) is 10.5 Å². The molecule has 1 fully saturated rings. The molecule has 0 N–H and O–H groups in total. The van der Waals surface area contributed by atoms with E-state index >= 15 is 0 Å². The molecule has 2 aromatic rings. The second kappa shape index (κ2) is 7.51. The molecule has 1 aliphatic heterocycles. The lowest BCUT2D eigenvalue weighted by Gasteiger charge is -2.34. The standard InChI is InChI=1S/C18H18F3N3O3S/c1-13(25)14-2-5-16(6-3-14)28(26,27)24-10-8-23(9-11-24)17-7-4-15(12-22-17)18(19,20)21/h2-7,12H,8-11H2,1H3. The molecule has 2 heterocycles. The van der Waals surface area contributed by atoms with Crippen LogP contribution in [0.25, 0.3) is 0 Å². The summed E-state index contributed by atoms with van der Waals surface area (Å²) in [6.07, 6.45) is -3.68. The number of alkyl halides is 3. The second-order valence-corrected chi connectivity index (χ2v) is 8.31. The average molecular weight is 413 g/mol. The van der Waals surface area contributed by atoms with Crippen molar-refractivity contribution < 1.29 is 26.4 Å². The quantitative estimate of drug-likeness (QED) is 0.721. The van der Waals surface area contributed by atoms with Crippen LogP contribution in [0.1, 0.15) is 22.8 Å². The lowest BCUT2D eigenvalue weighted by Crippen LogP contribution is -2.48. The van der Waals surface area contributed by atoms with Crippen molar-refractivity contribution in [3.8, 4) is 0 Å². The van der Waals surface area contributed by atoms with Crippen LogP contribution >= 0.6 is 0 Å². The third kappa shape index (κ3) is 4.17. The Hall–Kier alpha value is -2.46. The molecule has 1 aliphatic rings. The molecular formula is C18H18F3N3O3S. The fourth-order valence-electron chi connectivity index (χ4n) is 2.91. The number of benzene rings is 1. The molecule has 1 saturated heterocycles. The molecule has 0 bridgehead atoms. The Morgan fingerprint density at radius 1 is 1.00 bits per heavy atom. The van der Waals surface area contributed by atoms with Gasteiger partial charge in [-0.25, -0.2) is 13.4 Å². The molecule has 1 aromatic carbocycles. The number of carbonyl (C=O) groups is 1. The number of anilines is 1. The molecule has 0 atom stereocenters. The number of piperazine rings is 1. The first-order valence-electron chi connectivity index (χ1n) is 8.48. The first-order valence-corrected chi connectivity index (χ1v) is 9.92. The molecule has 0 saturated carbocycles. The number of sulfonamides is 1. The first-order chi connectivity index (χ1) is 13.1. The minimum absolute atomic E-state index is 0.0959. The van der Waals surface area contributed by atoms with Crippen LogP contribution in [0, 0.1) is 0 Å². The van der Waals surface area contributed by atoms with Gasteiger partial charge in [0.25, 0.3) is 0 Å². The predicted octanol–water partition coefficient (Wildman–Crippen LogP) is 2.81. The van der Waals surface area contributed by atoms with Crippen molar-refractivity contribution in [2.45, 2.75) is 18.0 Å². The van der Waals surface area contributed by atoms with E-state index in [1.807, 2.05) is 0 Å².